The highest BCUT2D eigenvalue weighted by Crippen LogP contribution is 2.61. The first-order valence-corrected chi connectivity index (χ1v) is 8.39. The molecule has 0 bridgehead atoms. The molecule has 1 aliphatic carbocycles. The van der Waals surface area contributed by atoms with E-state index in [9.17, 15) is 19.8 Å². The number of hydrogen-bond donors (Lipinski definition) is 2. The number of aliphatic hydroxyl groups excluding tert-OH is 2. The van der Waals surface area contributed by atoms with Crippen LogP contribution in [-0.4, -0.2) is 71.2 Å². The Kier molecular flexibility index (Phi) is 4.41. The zero-order chi connectivity index (χ0) is 15.7. The maximum Gasteiger partial charge on any atom is 0.224 e. The highest BCUT2D eigenvalue weighted by molar-refractivity contribution is 5.79. The number of amides is 2. The molecule has 2 N–H and O–H groups in total. The predicted molar refractivity (Wildman–Crippen MR) is 79.8 cm³/mol. The number of carbonyl (C=O) groups excluding carboxylic acids is 2. The van der Waals surface area contributed by atoms with Crippen LogP contribution < -0.4 is 0 Å². The Morgan fingerprint density at radius 1 is 1.14 bits per heavy atom. The van der Waals surface area contributed by atoms with E-state index in [1.54, 1.807) is 0 Å². The second kappa shape index (κ2) is 6.16. The van der Waals surface area contributed by atoms with Crippen LogP contribution in [0.4, 0.5) is 0 Å². The third-order valence-electron chi connectivity index (χ3n) is 5.90. The second-order valence-electron chi connectivity index (χ2n) is 7.00. The van der Waals surface area contributed by atoms with Crippen LogP contribution in [-0.2, 0) is 9.59 Å². The number of rotatable bonds is 5. The van der Waals surface area contributed by atoms with Crippen molar-refractivity contribution >= 4 is 11.8 Å². The zero-order valence-electron chi connectivity index (χ0n) is 13.0. The van der Waals surface area contributed by atoms with Gasteiger partial charge in [0.25, 0.3) is 0 Å². The summed E-state index contributed by atoms with van der Waals surface area (Å²) in [5.74, 6) is 0.751. The van der Waals surface area contributed by atoms with E-state index in [0.717, 1.165) is 25.8 Å². The maximum absolute atomic E-state index is 12.3. The molecule has 3 fully saturated rings. The van der Waals surface area contributed by atoms with Crippen molar-refractivity contribution in [2.75, 3.05) is 39.4 Å². The van der Waals surface area contributed by atoms with Gasteiger partial charge in [-0.05, 0) is 24.7 Å². The largest absolute Gasteiger partial charge is 0.396 e. The molecule has 0 aromatic heterocycles. The molecule has 3 rings (SSSR count). The van der Waals surface area contributed by atoms with Crippen molar-refractivity contribution < 1.29 is 19.8 Å². The SMILES string of the molecule is O=C1CCCCCN1CCC(=O)N1CC2C(C1)C2(CO)CO. The number of fused-ring (bicyclic) bond motifs is 1. The standard InChI is InChI=1S/C16H26N2O4/c19-10-16(11-20)12-8-18(9-13(12)16)15(22)5-7-17-6-3-1-2-4-14(17)21/h12-13,19-20H,1-11H2. The first-order valence-electron chi connectivity index (χ1n) is 8.39. The van der Waals surface area contributed by atoms with Crippen LogP contribution in [0.5, 0.6) is 0 Å². The van der Waals surface area contributed by atoms with Crippen LogP contribution in [0.1, 0.15) is 32.1 Å². The topological polar surface area (TPSA) is 81.1 Å². The number of nitrogens with zero attached hydrogens (tertiary/aromatic N) is 2. The lowest BCUT2D eigenvalue weighted by molar-refractivity contribution is -0.134. The normalized spacial score (nSPS) is 30.2. The molecule has 0 spiro atoms. The molecule has 0 radical (unpaired) electrons. The quantitative estimate of drug-likeness (QED) is 0.739. The Labute approximate surface area is 131 Å². The van der Waals surface area contributed by atoms with Crippen molar-refractivity contribution in [3.8, 4) is 0 Å². The van der Waals surface area contributed by atoms with E-state index in [2.05, 4.69) is 0 Å². The van der Waals surface area contributed by atoms with Gasteiger partial charge in [0.15, 0.2) is 0 Å². The molecular formula is C16H26N2O4. The fraction of sp³-hybridized carbons (Fsp3) is 0.875. The van der Waals surface area contributed by atoms with Gasteiger partial charge in [0.2, 0.25) is 11.8 Å². The van der Waals surface area contributed by atoms with Crippen LogP contribution in [0.25, 0.3) is 0 Å². The summed E-state index contributed by atoms with van der Waals surface area (Å²) in [5.41, 5.74) is -0.350. The first kappa shape index (κ1) is 15.7. The molecule has 1 saturated carbocycles. The smallest absolute Gasteiger partial charge is 0.224 e. The van der Waals surface area contributed by atoms with Crippen LogP contribution in [0.3, 0.4) is 0 Å². The summed E-state index contributed by atoms with van der Waals surface area (Å²) in [4.78, 5) is 27.9. The molecule has 124 valence electrons. The average molecular weight is 310 g/mol. The van der Waals surface area contributed by atoms with Gasteiger partial charge >= 0.3 is 0 Å². The van der Waals surface area contributed by atoms with Crippen molar-refractivity contribution in [2.24, 2.45) is 17.3 Å². The van der Waals surface area contributed by atoms with Gasteiger partial charge in [-0.1, -0.05) is 6.42 Å². The Balaban J connectivity index is 1.45. The molecule has 2 heterocycles. The molecule has 6 heteroatoms. The van der Waals surface area contributed by atoms with Crippen LogP contribution >= 0.6 is 0 Å². The molecule has 0 aromatic rings. The Bertz CT molecular complexity index is 435. The van der Waals surface area contributed by atoms with E-state index in [1.807, 2.05) is 9.80 Å². The van der Waals surface area contributed by atoms with E-state index in [0.29, 0.717) is 32.5 Å². The molecular weight excluding hydrogens is 284 g/mol. The van der Waals surface area contributed by atoms with Crippen molar-refractivity contribution in [1.82, 2.24) is 9.80 Å². The van der Waals surface area contributed by atoms with Gasteiger partial charge in [-0.25, -0.2) is 0 Å². The van der Waals surface area contributed by atoms with Gasteiger partial charge in [-0.3, -0.25) is 9.59 Å². The summed E-state index contributed by atoms with van der Waals surface area (Å²) in [6, 6.07) is 0. The minimum atomic E-state index is -0.350. The Morgan fingerprint density at radius 3 is 2.45 bits per heavy atom. The zero-order valence-corrected chi connectivity index (χ0v) is 13.0. The fourth-order valence-corrected chi connectivity index (χ4v) is 4.22. The maximum atomic E-state index is 12.3. The van der Waals surface area contributed by atoms with E-state index >= 15 is 0 Å². The van der Waals surface area contributed by atoms with Crippen LogP contribution in [0, 0.1) is 17.3 Å². The van der Waals surface area contributed by atoms with Crippen LogP contribution in [0.15, 0.2) is 0 Å². The van der Waals surface area contributed by atoms with Crippen molar-refractivity contribution in [3.63, 3.8) is 0 Å². The first-order chi connectivity index (χ1) is 10.6. The van der Waals surface area contributed by atoms with Gasteiger partial charge in [-0.2, -0.15) is 0 Å². The van der Waals surface area contributed by atoms with Crippen molar-refractivity contribution in [1.29, 1.82) is 0 Å². The summed E-state index contributed by atoms with van der Waals surface area (Å²) in [5, 5.41) is 18.8. The lowest BCUT2D eigenvalue weighted by atomic mass is 10.0. The van der Waals surface area contributed by atoms with Gasteiger partial charge in [0, 0.05) is 44.4 Å². The molecule has 2 amide bonds. The van der Waals surface area contributed by atoms with E-state index in [-0.39, 0.29) is 42.3 Å². The molecule has 3 aliphatic rings. The summed E-state index contributed by atoms with van der Waals surface area (Å²) in [6.07, 6.45) is 4.08. The van der Waals surface area contributed by atoms with Crippen LogP contribution in [0.2, 0.25) is 0 Å². The average Bonchev–Trinajstić information content (AvgIpc) is 2.99. The number of carbonyl (C=O) groups is 2. The minimum Gasteiger partial charge on any atom is -0.396 e. The molecule has 0 aromatic carbocycles. The van der Waals surface area contributed by atoms with Gasteiger partial charge < -0.3 is 20.0 Å². The van der Waals surface area contributed by atoms with E-state index < -0.39 is 0 Å². The molecule has 2 unspecified atom stereocenters. The number of hydrogen-bond acceptors (Lipinski definition) is 4. The number of piperidine rings is 1. The molecule has 6 nitrogen and oxygen atoms in total. The number of aliphatic hydroxyl groups is 2. The van der Waals surface area contributed by atoms with Gasteiger partial charge in [0.05, 0.1) is 13.2 Å². The Morgan fingerprint density at radius 2 is 1.82 bits per heavy atom. The summed E-state index contributed by atoms with van der Waals surface area (Å²) in [6.45, 7) is 2.58. The monoisotopic (exact) mass is 310 g/mol. The summed E-state index contributed by atoms with van der Waals surface area (Å²) in [7, 11) is 0. The molecule has 2 aliphatic heterocycles. The summed E-state index contributed by atoms with van der Waals surface area (Å²) >= 11 is 0. The minimum absolute atomic E-state index is 0.00312. The summed E-state index contributed by atoms with van der Waals surface area (Å²) < 4.78 is 0. The van der Waals surface area contributed by atoms with Gasteiger partial charge in [0.1, 0.15) is 0 Å². The number of likely N-dealkylation sites (tertiary alicyclic amines) is 2. The fourth-order valence-electron chi connectivity index (χ4n) is 4.22. The lowest BCUT2D eigenvalue weighted by Gasteiger charge is -2.26. The van der Waals surface area contributed by atoms with E-state index in [1.165, 1.54) is 0 Å². The second-order valence-corrected chi connectivity index (χ2v) is 7.00. The van der Waals surface area contributed by atoms with Crippen molar-refractivity contribution in [3.05, 3.63) is 0 Å². The van der Waals surface area contributed by atoms with E-state index in [4.69, 9.17) is 0 Å². The van der Waals surface area contributed by atoms with Gasteiger partial charge in [-0.15, -0.1) is 0 Å². The third-order valence-corrected chi connectivity index (χ3v) is 5.90. The molecule has 22 heavy (non-hydrogen) atoms. The third kappa shape index (κ3) is 2.63. The van der Waals surface area contributed by atoms with Crippen molar-refractivity contribution in [2.45, 2.75) is 32.1 Å². The molecule has 2 atom stereocenters. The lowest BCUT2D eigenvalue weighted by Crippen LogP contribution is -2.39. The predicted octanol–water partition coefficient (Wildman–Crippen LogP) is -0.162. The molecule has 2 saturated heterocycles. The highest BCUT2D eigenvalue weighted by atomic mass is 16.3. The Hall–Kier alpha value is -1.14. The highest BCUT2D eigenvalue weighted by Gasteiger charge is 2.67.